The molecular formula is C9H11ClFNO. The fourth-order valence-electron chi connectivity index (χ4n) is 1.05. The first-order chi connectivity index (χ1) is 6.00. The maximum absolute atomic E-state index is 12.8. The summed E-state index contributed by atoms with van der Waals surface area (Å²) in [5.74, 6) is -0.446. The van der Waals surface area contributed by atoms with Crippen molar-refractivity contribution in [2.45, 2.75) is 19.1 Å². The quantitative estimate of drug-likeness (QED) is 0.771. The average molecular weight is 204 g/mol. The summed E-state index contributed by atoms with van der Waals surface area (Å²) in [6.07, 6.45) is -0.724. The summed E-state index contributed by atoms with van der Waals surface area (Å²) >= 11 is 5.62. The van der Waals surface area contributed by atoms with Gasteiger partial charge in [0.2, 0.25) is 0 Å². The van der Waals surface area contributed by atoms with E-state index in [1.165, 1.54) is 12.1 Å². The van der Waals surface area contributed by atoms with E-state index in [-0.39, 0.29) is 5.02 Å². The number of rotatable bonds is 2. The van der Waals surface area contributed by atoms with Gasteiger partial charge in [0.15, 0.2) is 0 Å². The van der Waals surface area contributed by atoms with Crippen molar-refractivity contribution in [2.24, 2.45) is 5.73 Å². The molecule has 1 aromatic carbocycles. The molecular weight excluding hydrogens is 193 g/mol. The number of halogens is 2. The summed E-state index contributed by atoms with van der Waals surface area (Å²) in [5, 5.41) is 9.45. The molecule has 2 nitrogen and oxygen atoms in total. The third kappa shape index (κ3) is 2.66. The third-order valence-corrected chi connectivity index (χ3v) is 2.01. The van der Waals surface area contributed by atoms with Gasteiger partial charge in [0, 0.05) is 5.02 Å². The third-order valence-electron chi connectivity index (χ3n) is 1.79. The van der Waals surface area contributed by atoms with Gasteiger partial charge < -0.3 is 10.8 Å². The van der Waals surface area contributed by atoms with Gasteiger partial charge >= 0.3 is 0 Å². The highest BCUT2D eigenvalue weighted by Crippen LogP contribution is 2.20. The molecule has 4 heteroatoms. The Balaban J connectivity index is 3.01. The molecule has 0 spiro atoms. The van der Waals surface area contributed by atoms with E-state index in [2.05, 4.69) is 0 Å². The second-order valence-corrected chi connectivity index (χ2v) is 3.41. The summed E-state index contributed by atoms with van der Waals surface area (Å²) < 4.78 is 12.8. The fraction of sp³-hybridized carbons (Fsp3) is 0.333. The van der Waals surface area contributed by atoms with Gasteiger partial charge in [-0.05, 0) is 30.7 Å². The van der Waals surface area contributed by atoms with Crippen LogP contribution >= 0.6 is 11.6 Å². The largest absolute Gasteiger partial charge is 0.391 e. The SMILES string of the molecule is CC(O)[C@@H](N)c1cc(F)cc(Cl)c1. The first kappa shape index (κ1) is 10.4. The van der Waals surface area contributed by atoms with Gasteiger partial charge in [0.05, 0.1) is 12.1 Å². The maximum Gasteiger partial charge on any atom is 0.125 e. The van der Waals surface area contributed by atoms with E-state index in [9.17, 15) is 4.39 Å². The lowest BCUT2D eigenvalue weighted by atomic mass is 10.0. The number of benzene rings is 1. The fourth-order valence-corrected chi connectivity index (χ4v) is 1.28. The predicted molar refractivity (Wildman–Crippen MR) is 50.0 cm³/mol. The Morgan fingerprint density at radius 2 is 2.08 bits per heavy atom. The predicted octanol–water partition coefficient (Wildman–Crippen LogP) is 1.86. The van der Waals surface area contributed by atoms with E-state index < -0.39 is 18.0 Å². The molecule has 0 saturated heterocycles. The topological polar surface area (TPSA) is 46.2 Å². The molecule has 0 aliphatic rings. The molecule has 0 aliphatic carbocycles. The summed E-state index contributed by atoms with van der Waals surface area (Å²) in [6.45, 7) is 1.55. The van der Waals surface area contributed by atoms with E-state index >= 15 is 0 Å². The molecule has 3 N–H and O–H groups in total. The van der Waals surface area contributed by atoms with E-state index in [4.69, 9.17) is 22.4 Å². The van der Waals surface area contributed by atoms with E-state index in [0.29, 0.717) is 5.56 Å². The van der Waals surface area contributed by atoms with Crippen LogP contribution in [-0.2, 0) is 0 Å². The zero-order valence-electron chi connectivity index (χ0n) is 7.17. The molecule has 1 rings (SSSR count). The van der Waals surface area contributed by atoms with Crippen molar-refractivity contribution in [3.63, 3.8) is 0 Å². The summed E-state index contributed by atoms with van der Waals surface area (Å²) in [6, 6.07) is 3.40. The Morgan fingerprint density at radius 3 is 2.54 bits per heavy atom. The van der Waals surface area contributed by atoms with Crippen molar-refractivity contribution in [1.82, 2.24) is 0 Å². The minimum Gasteiger partial charge on any atom is -0.391 e. The Bertz CT molecular complexity index is 283. The van der Waals surface area contributed by atoms with E-state index in [0.717, 1.165) is 0 Å². The van der Waals surface area contributed by atoms with Crippen molar-refractivity contribution in [3.8, 4) is 0 Å². The van der Waals surface area contributed by atoms with Crippen LogP contribution in [0.15, 0.2) is 18.2 Å². The molecule has 0 heterocycles. The van der Waals surface area contributed by atoms with Gasteiger partial charge in [-0.1, -0.05) is 11.6 Å². The molecule has 0 amide bonds. The number of nitrogens with two attached hydrogens (primary N) is 1. The number of aliphatic hydroxyl groups excluding tert-OH is 1. The van der Waals surface area contributed by atoms with Crippen molar-refractivity contribution in [3.05, 3.63) is 34.6 Å². The van der Waals surface area contributed by atoms with Crippen molar-refractivity contribution >= 4 is 11.6 Å². The normalized spacial score (nSPS) is 15.5. The standard InChI is InChI=1S/C9H11ClFNO/c1-5(13)9(12)6-2-7(10)4-8(11)3-6/h2-5,9,13H,12H2,1H3/t5?,9-/m1/s1. The average Bonchev–Trinajstić information content (AvgIpc) is 2.01. The molecule has 0 aliphatic heterocycles. The minimum absolute atomic E-state index is 0.283. The van der Waals surface area contributed by atoms with E-state index in [1.54, 1.807) is 13.0 Å². The van der Waals surface area contributed by atoms with Crippen LogP contribution in [0.5, 0.6) is 0 Å². The van der Waals surface area contributed by atoms with Crippen molar-refractivity contribution in [2.75, 3.05) is 0 Å². The monoisotopic (exact) mass is 203 g/mol. The molecule has 0 fully saturated rings. The molecule has 13 heavy (non-hydrogen) atoms. The Labute approximate surface area is 81.1 Å². The van der Waals surface area contributed by atoms with Gasteiger partial charge in [0.1, 0.15) is 5.82 Å². The molecule has 0 bridgehead atoms. The molecule has 2 atom stereocenters. The number of hydrogen-bond donors (Lipinski definition) is 2. The van der Waals surface area contributed by atoms with Crippen LogP contribution in [0.3, 0.4) is 0 Å². The van der Waals surface area contributed by atoms with Crippen molar-refractivity contribution < 1.29 is 9.50 Å². The van der Waals surface area contributed by atoms with Gasteiger partial charge in [-0.3, -0.25) is 0 Å². The highest BCUT2D eigenvalue weighted by molar-refractivity contribution is 6.30. The van der Waals surface area contributed by atoms with Gasteiger partial charge in [-0.2, -0.15) is 0 Å². The van der Waals surface area contributed by atoms with Gasteiger partial charge in [-0.25, -0.2) is 4.39 Å². The lowest BCUT2D eigenvalue weighted by Crippen LogP contribution is -2.23. The highest BCUT2D eigenvalue weighted by Gasteiger charge is 2.13. The van der Waals surface area contributed by atoms with Crippen LogP contribution < -0.4 is 5.73 Å². The molecule has 0 saturated carbocycles. The van der Waals surface area contributed by atoms with Crippen LogP contribution in [-0.4, -0.2) is 11.2 Å². The van der Waals surface area contributed by atoms with Gasteiger partial charge in [-0.15, -0.1) is 0 Å². The summed E-state index contributed by atoms with van der Waals surface area (Å²) in [7, 11) is 0. The minimum atomic E-state index is -0.724. The summed E-state index contributed by atoms with van der Waals surface area (Å²) in [5.41, 5.74) is 6.10. The first-order valence-corrected chi connectivity index (χ1v) is 4.28. The number of hydrogen-bond acceptors (Lipinski definition) is 2. The number of aliphatic hydroxyl groups is 1. The van der Waals surface area contributed by atoms with Gasteiger partial charge in [0.25, 0.3) is 0 Å². The van der Waals surface area contributed by atoms with Crippen LogP contribution in [0.1, 0.15) is 18.5 Å². The smallest absolute Gasteiger partial charge is 0.125 e. The molecule has 0 radical (unpaired) electrons. The molecule has 72 valence electrons. The molecule has 1 aromatic rings. The summed E-state index contributed by atoms with van der Waals surface area (Å²) in [4.78, 5) is 0. The zero-order valence-corrected chi connectivity index (χ0v) is 7.92. The second kappa shape index (κ2) is 4.05. The van der Waals surface area contributed by atoms with Crippen LogP contribution in [0.2, 0.25) is 5.02 Å². The second-order valence-electron chi connectivity index (χ2n) is 2.97. The lowest BCUT2D eigenvalue weighted by molar-refractivity contribution is 0.164. The molecule has 0 aromatic heterocycles. The zero-order chi connectivity index (χ0) is 10.0. The Morgan fingerprint density at radius 1 is 1.46 bits per heavy atom. The Hall–Kier alpha value is -0.640. The van der Waals surface area contributed by atoms with Crippen LogP contribution in [0.4, 0.5) is 4.39 Å². The molecule has 1 unspecified atom stereocenters. The van der Waals surface area contributed by atoms with E-state index in [1.807, 2.05) is 0 Å². The maximum atomic E-state index is 12.8. The lowest BCUT2D eigenvalue weighted by Gasteiger charge is -2.15. The first-order valence-electron chi connectivity index (χ1n) is 3.90. The van der Waals surface area contributed by atoms with Crippen molar-refractivity contribution in [1.29, 1.82) is 0 Å². The Kier molecular flexibility index (Phi) is 3.25. The van der Waals surface area contributed by atoms with Crippen LogP contribution in [0.25, 0.3) is 0 Å². The van der Waals surface area contributed by atoms with Crippen LogP contribution in [0, 0.1) is 5.82 Å². The highest BCUT2D eigenvalue weighted by atomic mass is 35.5.